The maximum Gasteiger partial charge on any atom is -0.0248 e. The van der Waals surface area contributed by atoms with Crippen LogP contribution in [0, 0.1) is 22.2 Å². The first-order valence-corrected chi connectivity index (χ1v) is 6.81. The quantitative estimate of drug-likeness (QED) is 0.567. The molecule has 0 heteroatoms. The molecule has 0 aliphatic heterocycles. The summed E-state index contributed by atoms with van der Waals surface area (Å²) in [6.07, 6.45) is 8.99. The van der Waals surface area contributed by atoms with Crippen molar-refractivity contribution in [1.29, 1.82) is 0 Å². The van der Waals surface area contributed by atoms with E-state index < -0.39 is 0 Å². The van der Waals surface area contributed by atoms with Gasteiger partial charge in [0.05, 0.1) is 0 Å². The SMILES string of the molecule is CC(C)C12CCC(C(C)(C)C)(CC1)CC2. The molecular formula is C15H28. The highest BCUT2D eigenvalue weighted by Gasteiger charge is 2.53. The maximum atomic E-state index is 2.46. The molecule has 3 rings (SSSR count). The van der Waals surface area contributed by atoms with Gasteiger partial charge in [0, 0.05) is 0 Å². The Morgan fingerprint density at radius 1 is 0.800 bits per heavy atom. The Morgan fingerprint density at radius 2 is 1.20 bits per heavy atom. The number of hydrogen-bond acceptors (Lipinski definition) is 0. The number of rotatable bonds is 1. The number of hydrogen-bond donors (Lipinski definition) is 0. The molecule has 0 saturated heterocycles. The molecule has 0 spiro atoms. The standard InChI is InChI=1S/C15H28/c1-12(2)14-6-9-15(10-7-14,11-8-14)13(3,4)5/h12H,6-11H2,1-5H3. The summed E-state index contributed by atoms with van der Waals surface area (Å²) in [5, 5.41) is 0. The minimum absolute atomic E-state index is 0.524. The summed E-state index contributed by atoms with van der Waals surface area (Å²) >= 11 is 0. The van der Waals surface area contributed by atoms with Crippen LogP contribution in [0.3, 0.4) is 0 Å². The van der Waals surface area contributed by atoms with Gasteiger partial charge in [-0.2, -0.15) is 0 Å². The topological polar surface area (TPSA) is 0 Å². The second kappa shape index (κ2) is 3.25. The van der Waals surface area contributed by atoms with Gasteiger partial charge in [-0.1, -0.05) is 34.6 Å². The summed E-state index contributed by atoms with van der Waals surface area (Å²) < 4.78 is 0. The molecule has 88 valence electrons. The fourth-order valence-corrected chi connectivity index (χ4v) is 4.21. The highest BCUT2D eigenvalue weighted by Crippen LogP contribution is 2.65. The van der Waals surface area contributed by atoms with Gasteiger partial charge in [-0.3, -0.25) is 0 Å². The molecule has 0 nitrogen and oxygen atoms in total. The van der Waals surface area contributed by atoms with Gasteiger partial charge in [-0.15, -0.1) is 0 Å². The molecule has 0 aromatic heterocycles. The second-order valence-electron chi connectivity index (χ2n) is 7.55. The summed E-state index contributed by atoms with van der Waals surface area (Å²) in [4.78, 5) is 0. The molecule has 3 fully saturated rings. The normalized spacial score (nSPS) is 41.2. The van der Waals surface area contributed by atoms with Gasteiger partial charge in [-0.05, 0) is 60.7 Å². The minimum atomic E-state index is 0.524. The largest absolute Gasteiger partial charge is 0.0622 e. The summed E-state index contributed by atoms with van der Waals surface area (Å²) in [6.45, 7) is 12.3. The van der Waals surface area contributed by atoms with Crippen LogP contribution in [0.5, 0.6) is 0 Å². The van der Waals surface area contributed by atoms with Crippen LogP contribution >= 0.6 is 0 Å². The third-order valence-electron chi connectivity index (χ3n) is 6.12. The van der Waals surface area contributed by atoms with Crippen molar-refractivity contribution in [2.24, 2.45) is 22.2 Å². The lowest BCUT2D eigenvalue weighted by Gasteiger charge is -2.60. The van der Waals surface area contributed by atoms with Crippen LogP contribution in [0.2, 0.25) is 0 Å². The average molecular weight is 208 g/mol. The summed E-state index contributed by atoms with van der Waals surface area (Å²) in [7, 11) is 0. The molecule has 15 heavy (non-hydrogen) atoms. The fraction of sp³-hybridized carbons (Fsp3) is 1.00. The van der Waals surface area contributed by atoms with Crippen molar-refractivity contribution in [1.82, 2.24) is 0 Å². The van der Waals surface area contributed by atoms with Gasteiger partial charge in [-0.25, -0.2) is 0 Å². The van der Waals surface area contributed by atoms with E-state index in [1.54, 1.807) is 0 Å². The molecular weight excluding hydrogens is 180 g/mol. The molecule has 0 unspecified atom stereocenters. The minimum Gasteiger partial charge on any atom is -0.0622 e. The van der Waals surface area contributed by atoms with Gasteiger partial charge in [0.25, 0.3) is 0 Å². The second-order valence-corrected chi connectivity index (χ2v) is 7.55. The van der Waals surface area contributed by atoms with Crippen LogP contribution in [0.15, 0.2) is 0 Å². The van der Waals surface area contributed by atoms with Crippen LogP contribution in [0.1, 0.15) is 73.1 Å². The zero-order valence-electron chi connectivity index (χ0n) is 11.3. The predicted molar refractivity (Wildman–Crippen MR) is 66.9 cm³/mol. The van der Waals surface area contributed by atoms with Gasteiger partial charge in [0.15, 0.2) is 0 Å². The Hall–Kier alpha value is 0. The van der Waals surface area contributed by atoms with E-state index in [0.717, 1.165) is 11.3 Å². The predicted octanol–water partition coefficient (Wildman–Crippen LogP) is 5.03. The molecule has 0 amide bonds. The molecule has 3 aliphatic rings. The summed E-state index contributed by atoms with van der Waals surface area (Å²) in [5.74, 6) is 0.899. The molecule has 0 aromatic rings. The molecule has 0 aromatic carbocycles. The Balaban J connectivity index is 2.18. The van der Waals surface area contributed by atoms with Gasteiger partial charge < -0.3 is 0 Å². The van der Waals surface area contributed by atoms with Crippen LogP contribution in [-0.4, -0.2) is 0 Å². The van der Waals surface area contributed by atoms with Gasteiger partial charge >= 0.3 is 0 Å². The zero-order chi connectivity index (χ0) is 11.3. The van der Waals surface area contributed by atoms with Crippen LogP contribution in [0.25, 0.3) is 0 Å². The van der Waals surface area contributed by atoms with E-state index in [0.29, 0.717) is 10.8 Å². The summed E-state index contributed by atoms with van der Waals surface area (Å²) in [6, 6.07) is 0. The van der Waals surface area contributed by atoms with Crippen molar-refractivity contribution >= 4 is 0 Å². The first-order valence-electron chi connectivity index (χ1n) is 6.81. The van der Waals surface area contributed by atoms with Crippen molar-refractivity contribution in [2.45, 2.75) is 73.1 Å². The Morgan fingerprint density at radius 3 is 1.47 bits per heavy atom. The van der Waals surface area contributed by atoms with Crippen molar-refractivity contribution in [2.75, 3.05) is 0 Å². The first-order chi connectivity index (χ1) is 6.81. The molecule has 0 heterocycles. The Bertz CT molecular complexity index is 217. The van der Waals surface area contributed by atoms with Crippen molar-refractivity contribution < 1.29 is 0 Å². The van der Waals surface area contributed by atoms with E-state index in [1.807, 2.05) is 0 Å². The molecule has 0 atom stereocenters. The Kier molecular flexibility index (Phi) is 2.48. The molecule has 2 bridgehead atoms. The van der Waals surface area contributed by atoms with Crippen molar-refractivity contribution in [3.63, 3.8) is 0 Å². The maximum absolute atomic E-state index is 2.46. The summed E-state index contributed by atoms with van der Waals surface area (Å²) in [5.41, 5.74) is 1.94. The van der Waals surface area contributed by atoms with Crippen molar-refractivity contribution in [3.05, 3.63) is 0 Å². The van der Waals surface area contributed by atoms with E-state index >= 15 is 0 Å². The lowest BCUT2D eigenvalue weighted by atomic mass is 9.45. The third-order valence-corrected chi connectivity index (χ3v) is 6.12. The van der Waals surface area contributed by atoms with Crippen LogP contribution in [0.4, 0.5) is 0 Å². The monoisotopic (exact) mass is 208 g/mol. The smallest absolute Gasteiger partial charge is 0.0248 e. The van der Waals surface area contributed by atoms with Crippen LogP contribution < -0.4 is 0 Å². The molecule has 3 saturated carbocycles. The highest BCUT2D eigenvalue weighted by atomic mass is 14.6. The van der Waals surface area contributed by atoms with E-state index in [4.69, 9.17) is 0 Å². The van der Waals surface area contributed by atoms with E-state index in [-0.39, 0.29) is 0 Å². The Labute approximate surface area is 95.8 Å². The van der Waals surface area contributed by atoms with E-state index in [2.05, 4.69) is 34.6 Å². The highest BCUT2D eigenvalue weighted by molar-refractivity contribution is 5.04. The molecule has 3 aliphatic carbocycles. The van der Waals surface area contributed by atoms with Gasteiger partial charge in [0.2, 0.25) is 0 Å². The van der Waals surface area contributed by atoms with Gasteiger partial charge in [0.1, 0.15) is 0 Å². The average Bonchev–Trinajstić information content (AvgIpc) is 2.19. The molecule has 0 N–H and O–H groups in total. The van der Waals surface area contributed by atoms with Crippen LogP contribution in [-0.2, 0) is 0 Å². The van der Waals surface area contributed by atoms with E-state index in [9.17, 15) is 0 Å². The fourth-order valence-electron chi connectivity index (χ4n) is 4.21. The lowest BCUT2D eigenvalue weighted by molar-refractivity contribution is -0.0948. The number of fused-ring (bicyclic) bond motifs is 3. The third kappa shape index (κ3) is 1.56. The zero-order valence-corrected chi connectivity index (χ0v) is 11.3. The first kappa shape index (κ1) is 11.5. The molecule has 0 radical (unpaired) electrons. The van der Waals surface area contributed by atoms with Crippen molar-refractivity contribution in [3.8, 4) is 0 Å². The van der Waals surface area contributed by atoms with E-state index in [1.165, 1.54) is 38.5 Å². The lowest BCUT2D eigenvalue weighted by Crippen LogP contribution is -2.49.